The van der Waals surface area contributed by atoms with Gasteiger partial charge in [0.05, 0.1) is 17.5 Å². The standard InChI is InChI=1S/C23H18ClNO2/c1-13(14-7-9-15(24)10-8-14)19-17-11-12-18(19)21-20(17)22(26)25(23(21)27)16-5-3-2-4-6-16/h2-12,17-18,20-21H,1H3/t17-,18+,20+,21-. The molecule has 3 aliphatic rings. The fourth-order valence-corrected chi connectivity index (χ4v) is 5.09. The average Bonchev–Trinajstić information content (AvgIpc) is 3.32. The second-order valence-electron chi connectivity index (χ2n) is 7.42. The summed E-state index contributed by atoms with van der Waals surface area (Å²) in [5.74, 6) is -0.722. The lowest BCUT2D eigenvalue weighted by Gasteiger charge is -2.20. The van der Waals surface area contributed by atoms with Crippen molar-refractivity contribution >= 4 is 34.7 Å². The summed E-state index contributed by atoms with van der Waals surface area (Å²) in [6.07, 6.45) is 4.22. The van der Waals surface area contributed by atoms with Crippen LogP contribution in [0.4, 0.5) is 5.69 Å². The van der Waals surface area contributed by atoms with Gasteiger partial charge in [0.15, 0.2) is 0 Å². The molecule has 0 N–H and O–H groups in total. The monoisotopic (exact) mass is 375 g/mol. The maximum Gasteiger partial charge on any atom is 0.238 e. The fourth-order valence-electron chi connectivity index (χ4n) is 4.96. The first-order valence-corrected chi connectivity index (χ1v) is 9.53. The second kappa shape index (κ2) is 5.93. The maximum atomic E-state index is 13.2. The van der Waals surface area contributed by atoms with E-state index < -0.39 is 0 Å². The lowest BCUT2D eigenvalue weighted by atomic mass is 9.85. The van der Waals surface area contributed by atoms with Crippen molar-refractivity contribution in [3.63, 3.8) is 0 Å². The summed E-state index contributed by atoms with van der Waals surface area (Å²) in [6.45, 7) is 2.08. The number of amides is 2. The molecule has 1 heterocycles. The molecule has 0 unspecified atom stereocenters. The van der Waals surface area contributed by atoms with Gasteiger partial charge in [0.1, 0.15) is 0 Å². The van der Waals surface area contributed by atoms with E-state index in [9.17, 15) is 9.59 Å². The van der Waals surface area contributed by atoms with Gasteiger partial charge in [0.25, 0.3) is 0 Å². The smallest absolute Gasteiger partial charge is 0.238 e. The highest BCUT2D eigenvalue weighted by molar-refractivity contribution is 6.30. The molecule has 5 rings (SSSR count). The highest BCUT2D eigenvalue weighted by Crippen LogP contribution is 2.58. The van der Waals surface area contributed by atoms with E-state index in [2.05, 4.69) is 19.1 Å². The molecule has 0 aromatic heterocycles. The molecule has 1 aliphatic heterocycles. The Morgan fingerprint density at radius 2 is 1.41 bits per heavy atom. The summed E-state index contributed by atoms with van der Waals surface area (Å²) >= 11 is 6.01. The molecule has 0 spiro atoms. The number of nitrogens with zero attached hydrogens (tertiary/aromatic N) is 1. The topological polar surface area (TPSA) is 37.4 Å². The normalized spacial score (nSPS) is 30.2. The zero-order chi connectivity index (χ0) is 18.7. The summed E-state index contributed by atoms with van der Waals surface area (Å²) < 4.78 is 0. The fraction of sp³-hybridized carbons (Fsp3) is 0.217. The van der Waals surface area contributed by atoms with Gasteiger partial charge in [0, 0.05) is 16.9 Å². The lowest BCUT2D eigenvalue weighted by Crippen LogP contribution is -2.33. The summed E-state index contributed by atoms with van der Waals surface area (Å²) in [4.78, 5) is 27.7. The Morgan fingerprint density at radius 3 is 1.96 bits per heavy atom. The Bertz CT molecular complexity index is 972. The number of carbonyl (C=O) groups excluding carboxylic acids is 2. The number of hydrogen-bond donors (Lipinski definition) is 0. The molecule has 2 aliphatic carbocycles. The number of benzene rings is 2. The van der Waals surface area contributed by atoms with Crippen LogP contribution in [0, 0.1) is 23.7 Å². The van der Waals surface area contributed by atoms with E-state index in [4.69, 9.17) is 11.6 Å². The van der Waals surface area contributed by atoms with E-state index in [-0.39, 0.29) is 35.5 Å². The van der Waals surface area contributed by atoms with E-state index in [0.717, 1.165) is 11.1 Å². The molecular formula is C23H18ClNO2. The Morgan fingerprint density at radius 1 is 0.852 bits per heavy atom. The van der Waals surface area contributed by atoms with Crippen molar-refractivity contribution in [2.45, 2.75) is 6.92 Å². The van der Waals surface area contributed by atoms with Crippen molar-refractivity contribution in [1.82, 2.24) is 0 Å². The highest BCUT2D eigenvalue weighted by Gasteiger charge is 2.62. The SMILES string of the molecule is CC(=C1[C@H]2C=C[C@@H]1[C@H]1C(=O)N(c3ccccc3)C(=O)[C@H]12)c1ccc(Cl)cc1. The molecule has 27 heavy (non-hydrogen) atoms. The molecule has 2 aromatic carbocycles. The molecule has 3 nitrogen and oxygen atoms in total. The molecule has 4 atom stereocenters. The zero-order valence-corrected chi connectivity index (χ0v) is 15.6. The number of allylic oxidation sites excluding steroid dienone is 4. The molecule has 2 aromatic rings. The van der Waals surface area contributed by atoms with Crippen LogP contribution in [0.2, 0.25) is 5.02 Å². The number of halogens is 1. The van der Waals surface area contributed by atoms with E-state index in [0.29, 0.717) is 10.7 Å². The van der Waals surface area contributed by atoms with E-state index >= 15 is 0 Å². The largest absolute Gasteiger partial charge is 0.274 e. The quantitative estimate of drug-likeness (QED) is 0.562. The number of hydrogen-bond acceptors (Lipinski definition) is 2. The minimum Gasteiger partial charge on any atom is -0.274 e. The van der Waals surface area contributed by atoms with Crippen molar-refractivity contribution < 1.29 is 9.59 Å². The number of rotatable bonds is 2. The molecule has 2 amide bonds. The van der Waals surface area contributed by atoms with Crippen LogP contribution in [0.5, 0.6) is 0 Å². The molecule has 1 saturated heterocycles. The molecular weight excluding hydrogens is 358 g/mol. The van der Waals surface area contributed by atoms with Crippen molar-refractivity contribution in [3.8, 4) is 0 Å². The van der Waals surface area contributed by atoms with Crippen LogP contribution in [0.25, 0.3) is 5.57 Å². The summed E-state index contributed by atoms with van der Waals surface area (Å²) in [5, 5.41) is 0.699. The first-order valence-electron chi connectivity index (χ1n) is 9.15. The summed E-state index contributed by atoms with van der Waals surface area (Å²) in [6, 6.07) is 17.0. The van der Waals surface area contributed by atoms with Gasteiger partial charge < -0.3 is 0 Å². The third kappa shape index (κ3) is 2.28. The van der Waals surface area contributed by atoms with Gasteiger partial charge in [-0.1, -0.05) is 59.7 Å². The molecule has 134 valence electrons. The molecule has 0 radical (unpaired) electrons. The van der Waals surface area contributed by atoms with Crippen LogP contribution < -0.4 is 4.90 Å². The molecule has 4 heteroatoms. The van der Waals surface area contributed by atoms with Gasteiger partial charge in [-0.25, -0.2) is 4.90 Å². The van der Waals surface area contributed by atoms with Crippen molar-refractivity contribution in [3.05, 3.63) is 82.9 Å². The lowest BCUT2D eigenvalue weighted by molar-refractivity contribution is -0.122. The average molecular weight is 376 g/mol. The summed E-state index contributed by atoms with van der Waals surface area (Å²) in [7, 11) is 0. The Balaban J connectivity index is 1.55. The second-order valence-corrected chi connectivity index (χ2v) is 7.86. The Kier molecular flexibility index (Phi) is 3.63. The summed E-state index contributed by atoms with van der Waals surface area (Å²) in [5.41, 5.74) is 4.11. The van der Waals surface area contributed by atoms with Crippen molar-refractivity contribution in [1.29, 1.82) is 0 Å². The predicted molar refractivity (Wildman–Crippen MR) is 106 cm³/mol. The number of imide groups is 1. The van der Waals surface area contributed by atoms with Gasteiger partial charge in [-0.15, -0.1) is 0 Å². The van der Waals surface area contributed by atoms with Gasteiger partial charge in [-0.05, 0) is 42.3 Å². The highest BCUT2D eigenvalue weighted by atomic mass is 35.5. The maximum absolute atomic E-state index is 13.2. The Hall–Kier alpha value is -2.65. The van der Waals surface area contributed by atoms with Crippen LogP contribution in [0.1, 0.15) is 12.5 Å². The first kappa shape index (κ1) is 16.5. The van der Waals surface area contributed by atoms with Crippen LogP contribution in [0.15, 0.2) is 72.3 Å². The van der Waals surface area contributed by atoms with E-state index in [1.54, 1.807) is 0 Å². The van der Waals surface area contributed by atoms with Crippen molar-refractivity contribution in [2.75, 3.05) is 4.90 Å². The number of para-hydroxylation sites is 1. The third-order valence-electron chi connectivity index (χ3n) is 6.14. The zero-order valence-electron chi connectivity index (χ0n) is 14.8. The van der Waals surface area contributed by atoms with Crippen LogP contribution >= 0.6 is 11.6 Å². The van der Waals surface area contributed by atoms with Gasteiger partial charge >= 0.3 is 0 Å². The van der Waals surface area contributed by atoms with Crippen LogP contribution in [-0.4, -0.2) is 11.8 Å². The van der Waals surface area contributed by atoms with Gasteiger partial charge in [0.2, 0.25) is 11.8 Å². The van der Waals surface area contributed by atoms with Crippen molar-refractivity contribution in [2.24, 2.45) is 23.7 Å². The predicted octanol–water partition coefficient (Wildman–Crippen LogP) is 4.74. The minimum absolute atomic E-state index is 0.000778. The van der Waals surface area contributed by atoms with Crippen LogP contribution in [0.3, 0.4) is 0 Å². The van der Waals surface area contributed by atoms with E-state index in [1.807, 2.05) is 54.6 Å². The van der Waals surface area contributed by atoms with Gasteiger partial charge in [-0.2, -0.15) is 0 Å². The van der Waals surface area contributed by atoms with E-state index in [1.165, 1.54) is 10.5 Å². The number of fused-ring (bicyclic) bond motifs is 5. The number of carbonyl (C=O) groups is 2. The first-order chi connectivity index (χ1) is 13.1. The minimum atomic E-state index is -0.287. The molecule has 2 bridgehead atoms. The van der Waals surface area contributed by atoms with Gasteiger partial charge in [-0.3, -0.25) is 9.59 Å². The number of anilines is 1. The van der Waals surface area contributed by atoms with Crippen LogP contribution in [-0.2, 0) is 9.59 Å². The molecule has 1 saturated carbocycles. The Labute approximate surface area is 162 Å². The molecule has 2 fully saturated rings. The third-order valence-corrected chi connectivity index (χ3v) is 6.39.